The monoisotopic (exact) mass is 831 g/mol. The Morgan fingerprint density at radius 2 is 1.62 bits per heavy atom. The van der Waals surface area contributed by atoms with Gasteiger partial charge in [-0.3, -0.25) is 9.78 Å². The molecule has 1 fully saturated rings. The topological polar surface area (TPSA) is 50.2 Å². The van der Waals surface area contributed by atoms with Gasteiger partial charge < -0.3 is 5.11 Å². The van der Waals surface area contributed by atoms with E-state index in [1.54, 1.807) is 0 Å². The first kappa shape index (κ1) is 39.1. The molecule has 2 aromatic heterocycles. The molecule has 3 nitrogen and oxygen atoms in total. The van der Waals surface area contributed by atoms with Crippen molar-refractivity contribution in [3.8, 4) is 11.3 Å². The Balaban J connectivity index is 0.000000322. The minimum absolute atomic E-state index is 0. The number of rotatable bonds is 10. The standard InChI is InChI=1S/C29H32NS.C13H24O2.Ir/c1-19-23-14-15-30-27(28(23)31-26(19)18-29(2,3)4)22-16-21-12-8-9-13-24(21)25(17-22)20-10-6-5-7-11-20;1-5-10(6-2)12(14)9-13(15)11(7-3)8-4;/h8-9,12-15,17,20H,5-7,10-11,18H2,1-4H3;9-11,14H,5-8H2,1-4H3;/q-1;;/b;12-9-;. The number of pyridine rings is 1. The first-order chi connectivity index (χ1) is 22.0. The van der Waals surface area contributed by atoms with Gasteiger partial charge in [0.25, 0.3) is 0 Å². The van der Waals surface area contributed by atoms with E-state index in [9.17, 15) is 9.90 Å². The maximum atomic E-state index is 11.7. The van der Waals surface area contributed by atoms with Gasteiger partial charge in [-0.2, -0.15) is 0 Å². The Kier molecular flexibility index (Phi) is 14.9. The van der Waals surface area contributed by atoms with E-state index in [-0.39, 0.29) is 48.9 Å². The third-order valence-corrected chi connectivity index (χ3v) is 11.1. The number of aliphatic hydroxyl groups is 1. The van der Waals surface area contributed by atoms with Gasteiger partial charge in [-0.25, -0.2) is 0 Å². The van der Waals surface area contributed by atoms with Gasteiger partial charge in [0, 0.05) is 59.5 Å². The van der Waals surface area contributed by atoms with Gasteiger partial charge in [0.05, 0.1) is 5.76 Å². The first-order valence-electron chi connectivity index (χ1n) is 17.8. The summed E-state index contributed by atoms with van der Waals surface area (Å²) in [6.45, 7) is 17.3. The van der Waals surface area contributed by atoms with Crippen molar-refractivity contribution in [2.24, 2.45) is 17.3 Å². The van der Waals surface area contributed by atoms with E-state index < -0.39 is 0 Å². The maximum absolute atomic E-state index is 11.7. The van der Waals surface area contributed by atoms with Crippen molar-refractivity contribution in [3.63, 3.8) is 0 Å². The number of hydrogen-bond donors (Lipinski definition) is 1. The van der Waals surface area contributed by atoms with Crippen LogP contribution in [0.3, 0.4) is 0 Å². The van der Waals surface area contributed by atoms with Crippen LogP contribution in [-0.2, 0) is 31.3 Å². The van der Waals surface area contributed by atoms with Crippen molar-refractivity contribution >= 4 is 38.0 Å². The van der Waals surface area contributed by atoms with Gasteiger partial charge in [0.15, 0.2) is 5.78 Å². The summed E-state index contributed by atoms with van der Waals surface area (Å²) in [5.74, 6) is 1.21. The molecule has 1 aliphatic carbocycles. The van der Waals surface area contributed by atoms with E-state index in [1.165, 1.54) is 75.0 Å². The molecule has 1 saturated carbocycles. The number of aromatic nitrogens is 1. The molecule has 0 spiro atoms. The van der Waals surface area contributed by atoms with Crippen LogP contribution in [0.2, 0.25) is 0 Å². The Hall–Kier alpha value is -2.33. The Labute approximate surface area is 302 Å². The van der Waals surface area contributed by atoms with Crippen LogP contribution in [0.4, 0.5) is 0 Å². The van der Waals surface area contributed by atoms with E-state index >= 15 is 0 Å². The van der Waals surface area contributed by atoms with E-state index in [1.807, 2.05) is 45.2 Å². The molecule has 5 heteroatoms. The molecule has 0 saturated heterocycles. The summed E-state index contributed by atoms with van der Waals surface area (Å²) in [6.07, 6.45) is 14.7. The van der Waals surface area contributed by atoms with Gasteiger partial charge in [-0.05, 0) is 80.2 Å². The number of aryl methyl sites for hydroxylation is 1. The molecule has 0 aliphatic heterocycles. The zero-order valence-corrected chi connectivity index (χ0v) is 33.2. The third-order valence-electron chi connectivity index (χ3n) is 9.83. The zero-order chi connectivity index (χ0) is 33.4. The van der Waals surface area contributed by atoms with Crippen molar-refractivity contribution in [1.82, 2.24) is 4.98 Å². The van der Waals surface area contributed by atoms with Crippen LogP contribution in [0.15, 0.2) is 54.4 Å². The Morgan fingerprint density at radius 1 is 0.979 bits per heavy atom. The number of nitrogens with zero attached hydrogens (tertiary/aromatic N) is 1. The average Bonchev–Trinajstić information content (AvgIpc) is 3.35. The second-order valence-corrected chi connectivity index (χ2v) is 15.5. The summed E-state index contributed by atoms with van der Waals surface area (Å²) in [4.78, 5) is 18.1. The summed E-state index contributed by atoms with van der Waals surface area (Å²) in [7, 11) is 0. The number of hydrogen-bond acceptors (Lipinski definition) is 4. The fourth-order valence-corrected chi connectivity index (χ4v) is 8.56. The number of allylic oxidation sites excluding steroid dienone is 2. The number of carbonyl (C=O) groups is 1. The second-order valence-electron chi connectivity index (χ2n) is 14.4. The van der Waals surface area contributed by atoms with Gasteiger partial charge in [-0.15, -0.1) is 40.5 Å². The van der Waals surface area contributed by atoms with E-state index in [0.717, 1.165) is 43.4 Å². The van der Waals surface area contributed by atoms with Gasteiger partial charge in [0.1, 0.15) is 0 Å². The van der Waals surface area contributed by atoms with E-state index in [2.05, 4.69) is 70.2 Å². The quantitative estimate of drug-likeness (QED) is 0.0984. The van der Waals surface area contributed by atoms with Crippen LogP contribution in [0.25, 0.3) is 32.1 Å². The fraction of sp³-hybridized carbons (Fsp3) is 0.524. The van der Waals surface area contributed by atoms with Gasteiger partial charge in [0.2, 0.25) is 0 Å². The van der Waals surface area contributed by atoms with Crippen LogP contribution < -0.4 is 0 Å². The number of ketones is 1. The number of aliphatic hydroxyl groups excluding tert-OH is 1. The summed E-state index contributed by atoms with van der Waals surface area (Å²) in [6, 6.07) is 17.2. The molecule has 0 amide bonds. The van der Waals surface area contributed by atoms with Crippen LogP contribution in [-0.4, -0.2) is 15.9 Å². The molecule has 2 aromatic carbocycles. The number of thiophene rings is 1. The zero-order valence-electron chi connectivity index (χ0n) is 30.0. The van der Waals surface area contributed by atoms with Gasteiger partial charge in [-0.1, -0.05) is 96.9 Å². The molecule has 1 N–H and O–H groups in total. The molecule has 4 aromatic rings. The smallest absolute Gasteiger partial charge is 0.162 e. The average molecular weight is 831 g/mol. The first-order valence-corrected chi connectivity index (χ1v) is 18.6. The van der Waals surface area contributed by atoms with Crippen molar-refractivity contribution < 1.29 is 30.0 Å². The van der Waals surface area contributed by atoms with Crippen LogP contribution in [0.1, 0.15) is 128 Å². The molecule has 1 aliphatic rings. The molecule has 0 unspecified atom stereocenters. The van der Waals surface area contributed by atoms with E-state index in [0.29, 0.717) is 5.92 Å². The Bertz CT molecular complexity index is 1630. The van der Waals surface area contributed by atoms with Crippen LogP contribution >= 0.6 is 11.3 Å². The van der Waals surface area contributed by atoms with Gasteiger partial charge >= 0.3 is 0 Å². The predicted molar refractivity (Wildman–Crippen MR) is 199 cm³/mol. The number of carbonyl (C=O) groups excluding carboxylic acids is 1. The second kappa shape index (κ2) is 17.9. The molecule has 5 rings (SSSR count). The van der Waals surface area contributed by atoms with Crippen LogP contribution in [0, 0.1) is 30.2 Å². The third kappa shape index (κ3) is 9.87. The van der Waals surface area contributed by atoms with Crippen molar-refractivity contribution in [3.05, 3.63) is 76.5 Å². The SMILES string of the molecule is CCC(CC)C(=O)/C=C(\O)C(CC)CC.Cc1c(CC(C)(C)C)sc2c(-c3[c-]c4ccccc4c(C4CCCCC4)c3)nccc12.[Ir]. The fourth-order valence-electron chi connectivity index (χ4n) is 6.96. The maximum Gasteiger partial charge on any atom is 0.162 e. The summed E-state index contributed by atoms with van der Waals surface area (Å²) in [5, 5.41) is 13.7. The van der Waals surface area contributed by atoms with Crippen molar-refractivity contribution in [2.45, 2.75) is 126 Å². The normalized spacial score (nSPS) is 14.4. The van der Waals surface area contributed by atoms with E-state index in [4.69, 9.17) is 4.98 Å². The number of benzene rings is 2. The molecule has 0 bridgehead atoms. The molecule has 0 atom stereocenters. The molecular formula is C42H56IrNO2S-. The minimum atomic E-state index is 0. The molecule has 2 heterocycles. The molecule has 1 radical (unpaired) electrons. The largest absolute Gasteiger partial charge is 0.512 e. The Morgan fingerprint density at radius 3 is 2.23 bits per heavy atom. The molecule has 47 heavy (non-hydrogen) atoms. The summed E-state index contributed by atoms with van der Waals surface area (Å²) >= 11 is 1.94. The van der Waals surface area contributed by atoms with Crippen molar-refractivity contribution in [2.75, 3.05) is 0 Å². The minimum Gasteiger partial charge on any atom is -0.512 e. The van der Waals surface area contributed by atoms with Crippen LogP contribution in [0.5, 0.6) is 0 Å². The predicted octanol–water partition coefficient (Wildman–Crippen LogP) is 12.7. The number of fused-ring (bicyclic) bond motifs is 2. The van der Waals surface area contributed by atoms with Crippen molar-refractivity contribution in [1.29, 1.82) is 0 Å². The summed E-state index contributed by atoms with van der Waals surface area (Å²) in [5.41, 5.74) is 5.47. The molecule has 257 valence electrons. The molecular weight excluding hydrogens is 775 g/mol. The summed E-state index contributed by atoms with van der Waals surface area (Å²) < 4.78 is 1.32.